The van der Waals surface area contributed by atoms with Gasteiger partial charge in [0.1, 0.15) is 5.82 Å². The van der Waals surface area contributed by atoms with E-state index in [2.05, 4.69) is 14.9 Å². The molecule has 1 aromatic heterocycles. The van der Waals surface area contributed by atoms with Crippen LogP contribution in [0.1, 0.15) is 24.0 Å². The van der Waals surface area contributed by atoms with E-state index in [-0.39, 0.29) is 23.5 Å². The minimum Gasteiger partial charge on any atom is -0.494 e. The zero-order valence-corrected chi connectivity index (χ0v) is 16.2. The van der Waals surface area contributed by atoms with Crippen molar-refractivity contribution < 1.29 is 14.3 Å². The van der Waals surface area contributed by atoms with Crippen LogP contribution in [0.3, 0.4) is 0 Å². The number of carbonyl (C=O) groups is 1. The maximum Gasteiger partial charge on any atom is 0.220 e. The lowest BCUT2D eigenvalue weighted by molar-refractivity contribution is -0.122. The number of anilines is 1. The Hall–Kier alpha value is -3.35. The molecule has 0 radical (unpaired) electrons. The summed E-state index contributed by atoms with van der Waals surface area (Å²) in [6.45, 7) is 3.62. The van der Waals surface area contributed by atoms with Crippen LogP contribution in [0.2, 0.25) is 0 Å². The molecule has 7 heteroatoms. The Bertz CT molecular complexity index is 1100. The molecule has 0 saturated carbocycles. The number of hydrogen-bond acceptors (Lipinski definition) is 4. The Morgan fingerprint density at radius 3 is 2.72 bits per heavy atom. The van der Waals surface area contributed by atoms with Gasteiger partial charge >= 0.3 is 0 Å². The highest BCUT2D eigenvalue weighted by atomic mass is 19.1. The predicted molar refractivity (Wildman–Crippen MR) is 112 cm³/mol. The van der Waals surface area contributed by atoms with Crippen LogP contribution in [0.4, 0.5) is 15.8 Å². The number of hydrogen-bond donors (Lipinski definition) is 3. The lowest BCUT2D eigenvalue weighted by Gasteiger charge is -2.33. The van der Waals surface area contributed by atoms with E-state index in [4.69, 9.17) is 5.73 Å². The number of aromatic hydroxyl groups is 1. The number of benzene rings is 2. The molecule has 0 spiro atoms. The third kappa shape index (κ3) is 3.81. The average Bonchev–Trinajstić information content (AvgIpc) is 3.01. The molecule has 0 unspecified atom stereocenters. The molecule has 0 atom stereocenters. The van der Waals surface area contributed by atoms with Gasteiger partial charge in [0.2, 0.25) is 5.91 Å². The number of carbonyl (C=O) groups excluding carboxylic acids is 1. The number of nitrogens with two attached hydrogens (primary N) is 1. The maximum atomic E-state index is 13.6. The highest BCUT2D eigenvalue weighted by Gasteiger charge is 2.23. The third-order valence-corrected chi connectivity index (χ3v) is 5.54. The minimum atomic E-state index is -0.369. The van der Waals surface area contributed by atoms with Gasteiger partial charge in [0.15, 0.2) is 5.88 Å². The number of nitrogens with zero attached hydrogens (tertiary/aromatic N) is 2. The molecule has 1 aliphatic rings. The summed E-state index contributed by atoms with van der Waals surface area (Å²) in [7, 11) is 0. The van der Waals surface area contributed by atoms with Crippen molar-refractivity contribution in [1.82, 2.24) is 4.98 Å². The number of amides is 1. The predicted octanol–water partition coefficient (Wildman–Crippen LogP) is 3.77. The number of fused-ring (bicyclic) bond motifs is 1. The number of piperidine rings is 1. The van der Waals surface area contributed by atoms with E-state index >= 15 is 0 Å². The molecule has 1 aliphatic heterocycles. The van der Waals surface area contributed by atoms with Gasteiger partial charge in [-0.1, -0.05) is 0 Å². The first-order chi connectivity index (χ1) is 13.9. The quantitative estimate of drug-likeness (QED) is 0.588. The average molecular weight is 394 g/mol. The maximum absolute atomic E-state index is 13.6. The van der Waals surface area contributed by atoms with Crippen LogP contribution in [0.5, 0.6) is 5.88 Å². The van der Waals surface area contributed by atoms with Crippen molar-refractivity contribution in [3.05, 3.63) is 53.3 Å². The van der Waals surface area contributed by atoms with E-state index in [1.54, 1.807) is 12.3 Å². The second-order valence-electron chi connectivity index (χ2n) is 7.47. The van der Waals surface area contributed by atoms with E-state index < -0.39 is 0 Å². The summed E-state index contributed by atoms with van der Waals surface area (Å²) in [5, 5.41) is 10.7. The van der Waals surface area contributed by atoms with Gasteiger partial charge < -0.3 is 20.7 Å². The Kier molecular flexibility index (Phi) is 4.96. The van der Waals surface area contributed by atoms with Crippen LogP contribution in [-0.4, -0.2) is 35.3 Å². The first-order valence-corrected chi connectivity index (χ1v) is 9.61. The van der Waals surface area contributed by atoms with Crippen molar-refractivity contribution in [1.29, 1.82) is 0 Å². The monoisotopic (exact) mass is 394 g/mol. The molecule has 1 saturated heterocycles. The van der Waals surface area contributed by atoms with Crippen molar-refractivity contribution in [2.45, 2.75) is 19.8 Å². The number of aromatic amines is 1. The number of nitrogens with one attached hydrogen (secondary N) is 1. The molecule has 6 nitrogen and oxygen atoms in total. The van der Waals surface area contributed by atoms with Crippen LogP contribution in [0, 0.1) is 18.7 Å². The van der Waals surface area contributed by atoms with Gasteiger partial charge in [-0.05, 0) is 61.7 Å². The molecular formula is C22H23FN4O2. The summed E-state index contributed by atoms with van der Waals surface area (Å²) in [5.74, 6) is -0.665. The highest BCUT2D eigenvalue weighted by molar-refractivity contribution is 6.02. The van der Waals surface area contributed by atoms with Gasteiger partial charge in [-0.25, -0.2) is 4.39 Å². The Balaban J connectivity index is 1.54. The van der Waals surface area contributed by atoms with Crippen LogP contribution in [0.15, 0.2) is 41.4 Å². The lowest BCUT2D eigenvalue weighted by Crippen LogP contribution is -2.38. The number of aryl methyl sites for hydroxylation is 1. The largest absolute Gasteiger partial charge is 0.494 e. The number of rotatable bonds is 4. The standard InChI is InChI=1S/C22H23FN4O2/c1-13-10-16(3-5-20(13)27-8-6-14(7-9-27)21(24)28)25-12-18-17-11-15(23)2-4-19(17)26-22(18)29/h2-5,10-12,14,26,29H,6-9H2,1H3,(H2,24,28). The van der Waals surface area contributed by atoms with E-state index in [9.17, 15) is 14.3 Å². The SMILES string of the molecule is Cc1cc(N=Cc2c(O)[nH]c3ccc(F)cc23)ccc1N1CCC(C(N)=O)CC1. The molecule has 150 valence electrons. The molecule has 0 bridgehead atoms. The summed E-state index contributed by atoms with van der Waals surface area (Å²) in [5.41, 5.74) is 9.45. The van der Waals surface area contributed by atoms with Crippen molar-refractivity contribution in [2.75, 3.05) is 18.0 Å². The molecule has 3 aromatic rings. The van der Waals surface area contributed by atoms with E-state index in [1.165, 1.54) is 12.1 Å². The van der Waals surface area contributed by atoms with Crippen molar-refractivity contribution in [3.8, 4) is 5.88 Å². The van der Waals surface area contributed by atoms with Gasteiger partial charge in [0.05, 0.1) is 11.3 Å². The van der Waals surface area contributed by atoms with Crippen molar-refractivity contribution >= 4 is 34.4 Å². The number of halogens is 1. The van der Waals surface area contributed by atoms with Gasteiger partial charge in [0.25, 0.3) is 0 Å². The molecule has 4 rings (SSSR count). The van der Waals surface area contributed by atoms with Gasteiger partial charge in [-0.15, -0.1) is 0 Å². The smallest absolute Gasteiger partial charge is 0.220 e. The van der Waals surface area contributed by atoms with Crippen LogP contribution in [0.25, 0.3) is 10.9 Å². The highest BCUT2D eigenvalue weighted by Crippen LogP contribution is 2.30. The van der Waals surface area contributed by atoms with Gasteiger partial charge in [-0.2, -0.15) is 0 Å². The Morgan fingerprint density at radius 1 is 1.28 bits per heavy atom. The second kappa shape index (κ2) is 7.58. The zero-order chi connectivity index (χ0) is 20.5. The Labute approximate surface area is 167 Å². The number of H-pyrrole nitrogens is 1. The van der Waals surface area contributed by atoms with E-state index in [0.717, 1.165) is 42.9 Å². The third-order valence-electron chi connectivity index (χ3n) is 5.54. The molecule has 4 N–H and O–H groups in total. The number of aromatic nitrogens is 1. The molecule has 1 amide bonds. The van der Waals surface area contributed by atoms with E-state index in [1.807, 2.05) is 25.1 Å². The van der Waals surface area contributed by atoms with Crippen LogP contribution >= 0.6 is 0 Å². The normalized spacial score (nSPS) is 15.4. The lowest BCUT2D eigenvalue weighted by atomic mass is 9.95. The molecule has 2 aromatic carbocycles. The first-order valence-electron chi connectivity index (χ1n) is 9.61. The zero-order valence-electron chi connectivity index (χ0n) is 16.2. The van der Waals surface area contributed by atoms with Crippen molar-refractivity contribution in [2.24, 2.45) is 16.6 Å². The first kappa shape index (κ1) is 19.0. The number of aliphatic imine (C=N–C) groups is 1. The summed E-state index contributed by atoms with van der Waals surface area (Å²) < 4.78 is 13.6. The summed E-state index contributed by atoms with van der Waals surface area (Å²) >= 11 is 0. The van der Waals surface area contributed by atoms with E-state index in [0.29, 0.717) is 16.5 Å². The Morgan fingerprint density at radius 2 is 2.03 bits per heavy atom. The number of primary amides is 1. The fraction of sp³-hybridized carbons (Fsp3) is 0.273. The summed E-state index contributed by atoms with van der Waals surface area (Å²) in [6.07, 6.45) is 3.08. The fourth-order valence-corrected chi connectivity index (χ4v) is 3.92. The van der Waals surface area contributed by atoms with Crippen LogP contribution < -0.4 is 10.6 Å². The molecule has 0 aliphatic carbocycles. The topological polar surface area (TPSA) is 94.7 Å². The fourth-order valence-electron chi connectivity index (χ4n) is 3.92. The minimum absolute atomic E-state index is 0.0379. The molecular weight excluding hydrogens is 371 g/mol. The van der Waals surface area contributed by atoms with Crippen molar-refractivity contribution in [3.63, 3.8) is 0 Å². The van der Waals surface area contributed by atoms with Crippen LogP contribution in [-0.2, 0) is 4.79 Å². The molecule has 1 fully saturated rings. The summed E-state index contributed by atoms with van der Waals surface area (Å²) in [6, 6.07) is 10.2. The molecule has 29 heavy (non-hydrogen) atoms. The van der Waals surface area contributed by atoms with Gasteiger partial charge in [0, 0.05) is 41.8 Å². The summed E-state index contributed by atoms with van der Waals surface area (Å²) in [4.78, 5) is 20.9. The molecule has 2 heterocycles. The van der Waals surface area contributed by atoms with Gasteiger partial charge in [-0.3, -0.25) is 9.79 Å². The second-order valence-corrected chi connectivity index (χ2v) is 7.47.